The number of benzene rings is 1. The van der Waals surface area contributed by atoms with Crippen LogP contribution in [0.4, 0.5) is 0 Å². The molecule has 0 fully saturated rings. The predicted octanol–water partition coefficient (Wildman–Crippen LogP) is 2.44. The van der Waals surface area contributed by atoms with Crippen LogP contribution in [0.1, 0.15) is 32.3 Å². The number of hydrogen-bond donors (Lipinski definition) is 2. The Kier molecular flexibility index (Phi) is 5.95. The number of hydrogen-bond acceptors (Lipinski definition) is 3. The van der Waals surface area contributed by atoms with Crippen LogP contribution in [0.15, 0.2) is 18.2 Å². The van der Waals surface area contributed by atoms with Gasteiger partial charge in [0.2, 0.25) is 0 Å². The first-order chi connectivity index (χ1) is 8.62. The summed E-state index contributed by atoms with van der Waals surface area (Å²) in [5.74, 6) is 5.46. The van der Waals surface area contributed by atoms with E-state index in [-0.39, 0.29) is 5.91 Å². The maximum absolute atomic E-state index is 11.5. The highest BCUT2D eigenvalue weighted by molar-refractivity contribution is 6.31. The number of halogens is 1. The molecule has 1 aromatic rings. The molecule has 0 aliphatic rings. The fourth-order valence-electron chi connectivity index (χ4n) is 1.66. The van der Waals surface area contributed by atoms with Gasteiger partial charge in [-0.2, -0.15) is 0 Å². The molecule has 0 saturated carbocycles. The maximum Gasteiger partial charge on any atom is 0.274 e. The van der Waals surface area contributed by atoms with E-state index in [2.05, 4.69) is 5.43 Å². The normalized spacial score (nSPS) is 12.0. The minimum atomic E-state index is -0.564. The maximum atomic E-state index is 11.5. The average Bonchev–Trinajstić information content (AvgIpc) is 2.39. The van der Waals surface area contributed by atoms with Crippen LogP contribution in [0.25, 0.3) is 0 Å². The second-order valence-electron chi connectivity index (χ2n) is 4.01. The summed E-state index contributed by atoms with van der Waals surface area (Å²) in [6.07, 6.45) is 1.71. The average molecular weight is 271 g/mol. The van der Waals surface area contributed by atoms with Gasteiger partial charge in [-0.1, -0.05) is 31.9 Å². The predicted molar refractivity (Wildman–Crippen MR) is 72.5 cm³/mol. The van der Waals surface area contributed by atoms with Crippen molar-refractivity contribution < 1.29 is 9.53 Å². The van der Waals surface area contributed by atoms with Crippen molar-refractivity contribution in [2.45, 2.75) is 39.2 Å². The molecule has 1 rings (SSSR count). The molecule has 0 heterocycles. The number of nitrogens with one attached hydrogen (secondary N) is 1. The van der Waals surface area contributed by atoms with Crippen molar-refractivity contribution >= 4 is 17.5 Å². The number of amides is 1. The number of ether oxygens (including phenoxy) is 1. The van der Waals surface area contributed by atoms with Crippen LogP contribution in [0.3, 0.4) is 0 Å². The fourth-order valence-corrected chi connectivity index (χ4v) is 1.91. The van der Waals surface area contributed by atoms with Crippen LogP contribution >= 0.6 is 11.6 Å². The Morgan fingerprint density at radius 3 is 2.78 bits per heavy atom. The quantitative estimate of drug-likeness (QED) is 0.474. The van der Waals surface area contributed by atoms with Crippen molar-refractivity contribution in [3.05, 3.63) is 28.8 Å². The summed E-state index contributed by atoms with van der Waals surface area (Å²) in [7, 11) is 0. The Labute approximate surface area is 112 Å². The van der Waals surface area contributed by atoms with Crippen LogP contribution in [-0.2, 0) is 11.2 Å². The molecule has 1 amide bonds. The van der Waals surface area contributed by atoms with Gasteiger partial charge in [0.15, 0.2) is 6.10 Å². The summed E-state index contributed by atoms with van der Waals surface area (Å²) in [5.41, 5.74) is 3.12. The lowest BCUT2D eigenvalue weighted by Crippen LogP contribution is -2.42. The molecule has 3 N–H and O–H groups in total. The van der Waals surface area contributed by atoms with Gasteiger partial charge in [0.05, 0.1) is 0 Å². The van der Waals surface area contributed by atoms with Crippen LogP contribution < -0.4 is 16.0 Å². The molecule has 1 unspecified atom stereocenters. The van der Waals surface area contributed by atoms with Crippen molar-refractivity contribution in [2.75, 3.05) is 0 Å². The number of aryl methyl sites for hydroxylation is 1. The van der Waals surface area contributed by atoms with Gasteiger partial charge >= 0.3 is 0 Å². The first kappa shape index (κ1) is 14.8. The van der Waals surface area contributed by atoms with Crippen LogP contribution in [0.5, 0.6) is 5.75 Å². The Morgan fingerprint density at radius 1 is 1.50 bits per heavy atom. The highest BCUT2D eigenvalue weighted by Crippen LogP contribution is 2.23. The third-order valence-corrected chi connectivity index (χ3v) is 3.03. The summed E-state index contributed by atoms with van der Waals surface area (Å²) in [6, 6.07) is 5.39. The Bertz CT molecular complexity index is 410. The van der Waals surface area contributed by atoms with Crippen LogP contribution in [-0.4, -0.2) is 12.0 Å². The van der Waals surface area contributed by atoms with Gasteiger partial charge in [0.1, 0.15) is 5.75 Å². The highest BCUT2D eigenvalue weighted by atomic mass is 35.5. The molecule has 0 saturated heterocycles. The largest absolute Gasteiger partial charge is 0.481 e. The molecule has 0 aromatic heterocycles. The van der Waals surface area contributed by atoms with E-state index in [4.69, 9.17) is 22.2 Å². The van der Waals surface area contributed by atoms with Crippen molar-refractivity contribution in [3.63, 3.8) is 0 Å². The molecular formula is C13H19ClN2O2. The van der Waals surface area contributed by atoms with Crippen LogP contribution in [0.2, 0.25) is 5.02 Å². The van der Waals surface area contributed by atoms with Gasteiger partial charge in [-0.15, -0.1) is 0 Å². The van der Waals surface area contributed by atoms with Crippen molar-refractivity contribution in [3.8, 4) is 5.75 Å². The minimum absolute atomic E-state index is 0.315. The molecule has 1 aromatic carbocycles. The van der Waals surface area contributed by atoms with E-state index in [0.717, 1.165) is 18.4 Å². The monoisotopic (exact) mass is 270 g/mol. The Morgan fingerprint density at radius 2 is 2.22 bits per heavy atom. The lowest BCUT2D eigenvalue weighted by atomic mass is 10.1. The Hall–Kier alpha value is -1.26. The molecule has 4 nitrogen and oxygen atoms in total. The Balaban J connectivity index is 2.83. The number of hydrazine groups is 1. The van der Waals surface area contributed by atoms with Gasteiger partial charge in [-0.25, -0.2) is 5.84 Å². The molecule has 1 atom stereocenters. The highest BCUT2D eigenvalue weighted by Gasteiger charge is 2.18. The lowest BCUT2D eigenvalue weighted by molar-refractivity contribution is -0.128. The molecule has 18 heavy (non-hydrogen) atoms. The zero-order valence-electron chi connectivity index (χ0n) is 10.7. The summed E-state index contributed by atoms with van der Waals surface area (Å²) < 4.78 is 5.65. The zero-order chi connectivity index (χ0) is 13.5. The molecule has 0 radical (unpaired) electrons. The van der Waals surface area contributed by atoms with Gasteiger partial charge in [0, 0.05) is 5.02 Å². The smallest absolute Gasteiger partial charge is 0.274 e. The zero-order valence-corrected chi connectivity index (χ0v) is 11.5. The standard InChI is InChI=1S/C13H19ClN2O2/c1-3-5-12(13(17)16-15)18-10-6-7-11(14)9(4-2)8-10/h6-8,12H,3-5,15H2,1-2H3,(H,16,17). The second kappa shape index (κ2) is 7.24. The molecule has 100 valence electrons. The van der Waals surface area contributed by atoms with Gasteiger partial charge < -0.3 is 4.74 Å². The second-order valence-corrected chi connectivity index (χ2v) is 4.42. The molecule has 0 bridgehead atoms. The molecule has 5 heteroatoms. The summed E-state index contributed by atoms with van der Waals surface area (Å²) in [5, 5.41) is 0.708. The first-order valence-corrected chi connectivity index (χ1v) is 6.45. The lowest BCUT2D eigenvalue weighted by Gasteiger charge is -2.17. The van der Waals surface area contributed by atoms with Crippen molar-refractivity contribution in [1.29, 1.82) is 0 Å². The topological polar surface area (TPSA) is 64.3 Å². The fraction of sp³-hybridized carbons (Fsp3) is 0.462. The summed E-state index contributed by atoms with van der Waals surface area (Å²) in [4.78, 5) is 11.5. The number of rotatable bonds is 6. The molecular weight excluding hydrogens is 252 g/mol. The summed E-state index contributed by atoms with van der Waals surface area (Å²) in [6.45, 7) is 4.00. The van der Waals surface area contributed by atoms with E-state index in [1.165, 1.54) is 0 Å². The minimum Gasteiger partial charge on any atom is -0.481 e. The number of carbonyl (C=O) groups excluding carboxylic acids is 1. The van der Waals surface area contributed by atoms with E-state index in [9.17, 15) is 4.79 Å². The molecule has 0 aliphatic heterocycles. The van der Waals surface area contributed by atoms with E-state index in [1.54, 1.807) is 12.1 Å². The molecule has 0 spiro atoms. The van der Waals surface area contributed by atoms with Crippen molar-refractivity contribution in [1.82, 2.24) is 5.43 Å². The van der Waals surface area contributed by atoms with Gasteiger partial charge in [0.25, 0.3) is 5.91 Å². The summed E-state index contributed by atoms with van der Waals surface area (Å²) >= 11 is 6.03. The molecule has 0 aliphatic carbocycles. The van der Waals surface area contributed by atoms with Crippen molar-refractivity contribution in [2.24, 2.45) is 5.84 Å². The first-order valence-electron chi connectivity index (χ1n) is 6.07. The number of carbonyl (C=O) groups is 1. The van der Waals surface area contributed by atoms with E-state index in [0.29, 0.717) is 17.2 Å². The SMILES string of the molecule is CCCC(Oc1ccc(Cl)c(CC)c1)C(=O)NN. The van der Waals surface area contributed by atoms with Gasteiger partial charge in [-0.3, -0.25) is 10.2 Å². The van der Waals surface area contributed by atoms with Crippen LogP contribution in [0, 0.1) is 0 Å². The third-order valence-electron chi connectivity index (χ3n) is 2.66. The third kappa shape index (κ3) is 3.89. The van der Waals surface area contributed by atoms with E-state index < -0.39 is 6.10 Å². The van der Waals surface area contributed by atoms with E-state index in [1.807, 2.05) is 19.9 Å². The van der Waals surface area contributed by atoms with E-state index >= 15 is 0 Å². The number of nitrogens with two attached hydrogens (primary N) is 1. The van der Waals surface area contributed by atoms with Gasteiger partial charge in [-0.05, 0) is 36.6 Å².